The number of aromatic amines is 1. The van der Waals surface area contributed by atoms with Crippen LogP contribution < -0.4 is 16.4 Å². The third-order valence-electron chi connectivity index (χ3n) is 6.15. The lowest BCUT2D eigenvalue weighted by Crippen LogP contribution is -2.71. The molecule has 0 saturated carbocycles. The Morgan fingerprint density at radius 1 is 1.28 bits per heavy atom. The number of nitrogens with two attached hydrogens (primary N) is 1. The highest BCUT2D eigenvalue weighted by Crippen LogP contribution is 2.41. The molecule has 0 radical (unpaired) electrons. The van der Waals surface area contributed by atoms with Crippen molar-refractivity contribution in [3.8, 4) is 0 Å². The van der Waals surface area contributed by atoms with E-state index >= 15 is 0 Å². The van der Waals surface area contributed by atoms with Gasteiger partial charge < -0.3 is 21.5 Å². The van der Waals surface area contributed by atoms with Crippen molar-refractivity contribution in [2.75, 3.05) is 23.5 Å². The topological polar surface area (TPSA) is 183 Å². The van der Waals surface area contributed by atoms with Crippen LogP contribution in [0.1, 0.15) is 23.9 Å². The number of aliphatic carboxylic acids is 1. The zero-order chi connectivity index (χ0) is 28.1. The molecular weight excluding hydrogens is 563 g/mol. The maximum atomic E-state index is 13.4. The summed E-state index contributed by atoms with van der Waals surface area (Å²) < 4.78 is 0. The molecule has 3 heterocycles. The molecule has 1 saturated heterocycles. The molecule has 2 aliphatic heterocycles. The number of carbonyl (C=O) groups excluding carboxylic acids is 3. The van der Waals surface area contributed by atoms with Gasteiger partial charge in [-0.3, -0.25) is 24.4 Å². The van der Waals surface area contributed by atoms with Gasteiger partial charge in [0.1, 0.15) is 29.0 Å². The summed E-state index contributed by atoms with van der Waals surface area (Å²) in [4.78, 5) is 56.8. The van der Waals surface area contributed by atoms with Crippen LogP contribution in [-0.2, 0) is 19.2 Å². The van der Waals surface area contributed by atoms with Crippen LogP contribution in [0.4, 0.5) is 0 Å². The Morgan fingerprint density at radius 2 is 2.03 bits per heavy atom. The third-order valence-corrected chi connectivity index (χ3v) is 9.07. The molecule has 12 nitrogen and oxygen atoms in total. The number of carboxylic acid groups (broad SMARTS) is 1. The van der Waals surface area contributed by atoms with E-state index < -0.39 is 47.2 Å². The number of carboxylic acids is 1. The molecule has 4 rings (SSSR count). The summed E-state index contributed by atoms with van der Waals surface area (Å²) in [7, 11) is 0. The van der Waals surface area contributed by atoms with Gasteiger partial charge in [0.15, 0.2) is 0 Å². The van der Waals surface area contributed by atoms with Crippen molar-refractivity contribution in [1.29, 1.82) is 0 Å². The Labute approximate surface area is 237 Å². The molecule has 0 spiro atoms. The van der Waals surface area contributed by atoms with E-state index in [4.69, 9.17) is 5.73 Å². The van der Waals surface area contributed by atoms with Gasteiger partial charge in [0.05, 0.1) is 6.04 Å². The summed E-state index contributed by atoms with van der Waals surface area (Å²) in [5.41, 5.74) is 7.03. The molecule has 3 amide bonds. The Balaban J connectivity index is 1.47. The normalized spacial score (nSPS) is 20.1. The summed E-state index contributed by atoms with van der Waals surface area (Å²) in [6, 6.07) is 5.88. The van der Waals surface area contributed by atoms with Gasteiger partial charge in [-0.05, 0) is 36.5 Å². The predicted octanol–water partition coefficient (Wildman–Crippen LogP) is 0.882. The van der Waals surface area contributed by atoms with E-state index in [0.29, 0.717) is 45.8 Å². The van der Waals surface area contributed by atoms with Crippen molar-refractivity contribution < 1.29 is 24.3 Å². The number of hydrogen-bond acceptors (Lipinski definition) is 10. The first-order valence-corrected chi connectivity index (χ1v) is 15.5. The van der Waals surface area contributed by atoms with Gasteiger partial charge in [0.25, 0.3) is 5.91 Å². The van der Waals surface area contributed by atoms with Gasteiger partial charge in [-0.15, -0.1) is 16.9 Å². The second kappa shape index (κ2) is 12.9. The summed E-state index contributed by atoms with van der Waals surface area (Å²) in [6.45, 7) is 1.76. The number of β-lactam (4-membered cyclic amide) rings is 1. The van der Waals surface area contributed by atoms with Gasteiger partial charge in [-0.25, -0.2) is 9.78 Å². The van der Waals surface area contributed by atoms with Gasteiger partial charge in [0.2, 0.25) is 17.0 Å². The van der Waals surface area contributed by atoms with E-state index in [1.54, 1.807) is 49.0 Å². The van der Waals surface area contributed by atoms with E-state index in [1.165, 1.54) is 28.4 Å². The smallest absolute Gasteiger partial charge is 0.352 e. The van der Waals surface area contributed by atoms with E-state index in [0.717, 1.165) is 0 Å². The van der Waals surface area contributed by atoms with Gasteiger partial charge in [0, 0.05) is 11.5 Å². The molecule has 39 heavy (non-hydrogen) atoms. The lowest BCUT2D eigenvalue weighted by molar-refractivity contribution is -0.151. The maximum Gasteiger partial charge on any atom is 0.352 e. The van der Waals surface area contributed by atoms with E-state index in [9.17, 15) is 24.3 Å². The first-order chi connectivity index (χ1) is 18.7. The molecule has 2 aliphatic rings. The van der Waals surface area contributed by atoms with Crippen LogP contribution in [0.25, 0.3) is 0 Å². The van der Waals surface area contributed by atoms with Crippen LogP contribution in [0.15, 0.2) is 46.8 Å². The highest BCUT2D eigenvalue weighted by Gasteiger charge is 2.54. The largest absolute Gasteiger partial charge is 0.477 e. The number of aryl methyl sites for hydroxylation is 1. The number of thioether (sulfide) groups is 3. The van der Waals surface area contributed by atoms with Crippen LogP contribution in [0.3, 0.4) is 0 Å². The SMILES string of the molecule is CSCC[C@@H](N)C(=O)NC(C(=O)NC1C(=O)N2C(C(=O)O)=C(CSc3n[nH]c(C)n3)CS[C@@H]12)c1ccccc1. The zero-order valence-electron chi connectivity index (χ0n) is 21.2. The number of rotatable bonds is 12. The second-order valence-corrected chi connectivity index (χ2v) is 11.9. The molecular formula is C24H29N7O5S3. The van der Waals surface area contributed by atoms with Crippen LogP contribution in [0, 0.1) is 6.92 Å². The quantitative estimate of drug-likeness (QED) is 0.174. The molecule has 2 unspecified atom stereocenters. The summed E-state index contributed by atoms with van der Waals surface area (Å²) >= 11 is 4.21. The number of hydrogen-bond donors (Lipinski definition) is 5. The molecule has 0 bridgehead atoms. The number of benzene rings is 1. The minimum absolute atomic E-state index is 0.0818. The zero-order valence-corrected chi connectivity index (χ0v) is 23.7. The summed E-state index contributed by atoms with van der Waals surface area (Å²) in [5.74, 6) is -0.779. The molecule has 15 heteroatoms. The van der Waals surface area contributed by atoms with E-state index in [1.807, 2.05) is 6.26 Å². The second-order valence-electron chi connectivity index (χ2n) is 8.89. The molecule has 0 aliphatic carbocycles. The van der Waals surface area contributed by atoms with E-state index in [2.05, 4.69) is 25.8 Å². The van der Waals surface area contributed by atoms with Crippen molar-refractivity contribution in [2.24, 2.45) is 5.73 Å². The Kier molecular flexibility index (Phi) is 9.58. The predicted molar refractivity (Wildman–Crippen MR) is 150 cm³/mol. The van der Waals surface area contributed by atoms with Gasteiger partial charge >= 0.3 is 5.97 Å². The Hall–Kier alpha value is -3.01. The fourth-order valence-corrected chi connectivity index (χ4v) is 6.96. The monoisotopic (exact) mass is 591 g/mol. The van der Waals surface area contributed by atoms with Crippen LogP contribution in [-0.4, -0.2) is 89.9 Å². The highest BCUT2D eigenvalue weighted by atomic mass is 32.2. The fraction of sp³-hybridized carbons (Fsp3) is 0.417. The van der Waals surface area contributed by atoms with Crippen molar-refractivity contribution in [3.05, 3.63) is 53.0 Å². The molecule has 1 aromatic heterocycles. The fourth-order valence-electron chi connectivity index (χ4n) is 4.14. The lowest BCUT2D eigenvalue weighted by Gasteiger charge is -2.49. The number of nitrogens with zero attached hydrogens (tertiary/aromatic N) is 3. The summed E-state index contributed by atoms with van der Waals surface area (Å²) in [6.07, 6.45) is 2.36. The Morgan fingerprint density at radius 3 is 2.67 bits per heavy atom. The van der Waals surface area contributed by atoms with E-state index in [-0.39, 0.29) is 5.70 Å². The van der Waals surface area contributed by atoms with Crippen molar-refractivity contribution in [3.63, 3.8) is 0 Å². The number of H-pyrrole nitrogens is 1. The molecule has 4 atom stereocenters. The average Bonchev–Trinajstić information content (AvgIpc) is 3.36. The molecule has 1 fully saturated rings. The third kappa shape index (κ3) is 6.59. The number of amides is 3. The first kappa shape index (κ1) is 29.0. The van der Waals surface area contributed by atoms with Crippen LogP contribution in [0.2, 0.25) is 0 Å². The molecule has 1 aromatic carbocycles. The number of carbonyl (C=O) groups is 4. The van der Waals surface area contributed by atoms with Crippen LogP contribution >= 0.6 is 35.3 Å². The van der Waals surface area contributed by atoms with Gasteiger partial charge in [-0.2, -0.15) is 11.8 Å². The minimum Gasteiger partial charge on any atom is -0.477 e. The minimum atomic E-state index is -1.21. The van der Waals surface area contributed by atoms with Gasteiger partial charge in [-0.1, -0.05) is 42.1 Å². The standard InChI is InChI=1S/C24H29N7O5S3/c1-12-26-24(30-29-12)39-11-14-10-38-22-17(21(34)31(22)18(14)23(35)36)28-20(33)16(13-6-4-3-5-7-13)27-19(32)15(25)8-9-37-2/h3-7,15-17,22H,8-11,25H2,1-2H3,(H,27,32)(H,28,33)(H,35,36)(H,26,29,30)/t15-,16?,17?,22+/m1/s1. The molecule has 6 N–H and O–H groups in total. The Bertz CT molecular complexity index is 1270. The highest BCUT2D eigenvalue weighted by molar-refractivity contribution is 8.01. The molecule has 208 valence electrons. The summed E-state index contributed by atoms with van der Waals surface area (Å²) in [5, 5.41) is 22.0. The molecule has 2 aromatic rings. The number of aromatic nitrogens is 3. The van der Waals surface area contributed by atoms with Crippen LogP contribution in [0.5, 0.6) is 0 Å². The first-order valence-electron chi connectivity index (χ1n) is 12.0. The van der Waals surface area contributed by atoms with Crippen molar-refractivity contribution >= 4 is 59.0 Å². The van der Waals surface area contributed by atoms with Crippen molar-refractivity contribution in [1.82, 2.24) is 30.7 Å². The number of fused-ring (bicyclic) bond motifs is 1. The van der Waals surface area contributed by atoms with Crippen molar-refractivity contribution in [2.45, 2.75) is 42.0 Å². The number of nitrogens with one attached hydrogen (secondary N) is 3. The maximum absolute atomic E-state index is 13.4. The lowest BCUT2D eigenvalue weighted by atomic mass is 10.0. The average molecular weight is 592 g/mol.